The molecule has 1 fully saturated rings. The summed E-state index contributed by atoms with van der Waals surface area (Å²) in [6.45, 7) is 5.36. The molecule has 0 spiro atoms. The molecule has 1 aliphatic carbocycles. The van der Waals surface area contributed by atoms with Crippen LogP contribution in [0.25, 0.3) is 11.0 Å². The number of nitrogens with zero attached hydrogens (tertiary/aromatic N) is 2. The van der Waals surface area contributed by atoms with Gasteiger partial charge in [-0.2, -0.15) is 0 Å². The molecule has 2 aromatic rings. The van der Waals surface area contributed by atoms with Gasteiger partial charge >= 0.3 is 0 Å². The molecule has 1 aromatic carbocycles. The Bertz CT molecular complexity index is 579. The van der Waals surface area contributed by atoms with Crippen molar-refractivity contribution in [2.24, 2.45) is 7.05 Å². The van der Waals surface area contributed by atoms with Gasteiger partial charge in [0.25, 0.3) is 0 Å². The third kappa shape index (κ3) is 2.03. The van der Waals surface area contributed by atoms with Crippen LogP contribution >= 0.6 is 0 Å². The molecule has 0 atom stereocenters. The smallest absolute Gasteiger partial charge is 0.110 e. The van der Waals surface area contributed by atoms with E-state index >= 15 is 0 Å². The Morgan fingerprint density at radius 1 is 1.33 bits per heavy atom. The Morgan fingerprint density at radius 3 is 2.83 bits per heavy atom. The van der Waals surface area contributed by atoms with Crippen LogP contribution in [0.3, 0.4) is 0 Å². The highest BCUT2D eigenvalue weighted by Gasteiger charge is 2.20. The van der Waals surface area contributed by atoms with E-state index in [1.54, 1.807) is 0 Å². The number of fused-ring (bicyclic) bond motifs is 1. The number of aryl methyl sites for hydroxylation is 3. The minimum Gasteiger partial charge on any atom is -0.331 e. The van der Waals surface area contributed by atoms with Gasteiger partial charge in [0, 0.05) is 26.1 Å². The second kappa shape index (κ2) is 4.39. The highest BCUT2D eigenvalue weighted by Crippen LogP contribution is 2.22. The summed E-state index contributed by atoms with van der Waals surface area (Å²) in [5.41, 5.74) is 5.05. The van der Waals surface area contributed by atoms with Gasteiger partial charge in [0.15, 0.2) is 0 Å². The third-order valence-electron chi connectivity index (χ3n) is 4.03. The van der Waals surface area contributed by atoms with Gasteiger partial charge in [0.2, 0.25) is 0 Å². The highest BCUT2D eigenvalue weighted by atomic mass is 15.1. The van der Waals surface area contributed by atoms with Gasteiger partial charge in [0.05, 0.1) is 11.0 Å². The summed E-state index contributed by atoms with van der Waals surface area (Å²) in [6, 6.07) is 5.15. The molecule has 0 unspecified atom stereocenters. The normalized spacial score (nSPS) is 15.5. The van der Waals surface area contributed by atoms with Gasteiger partial charge in [-0.25, -0.2) is 4.98 Å². The van der Waals surface area contributed by atoms with Gasteiger partial charge in [-0.05, 0) is 43.9 Å². The summed E-state index contributed by atoms with van der Waals surface area (Å²) >= 11 is 0. The van der Waals surface area contributed by atoms with Gasteiger partial charge < -0.3 is 9.88 Å². The lowest BCUT2D eigenvalue weighted by molar-refractivity contribution is 0.654. The van der Waals surface area contributed by atoms with Gasteiger partial charge in [0.1, 0.15) is 5.82 Å². The molecule has 1 heterocycles. The van der Waals surface area contributed by atoms with E-state index in [-0.39, 0.29) is 0 Å². The zero-order valence-corrected chi connectivity index (χ0v) is 11.5. The molecule has 3 nitrogen and oxygen atoms in total. The summed E-state index contributed by atoms with van der Waals surface area (Å²) < 4.78 is 2.23. The fraction of sp³-hybridized carbons (Fsp3) is 0.533. The monoisotopic (exact) mass is 243 g/mol. The van der Waals surface area contributed by atoms with Crippen LogP contribution in [0.15, 0.2) is 12.1 Å². The number of nitrogens with one attached hydrogen (secondary N) is 1. The fourth-order valence-electron chi connectivity index (χ4n) is 2.44. The lowest BCUT2D eigenvalue weighted by Gasteiger charge is -2.03. The van der Waals surface area contributed by atoms with E-state index in [2.05, 4.69) is 42.9 Å². The van der Waals surface area contributed by atoms with E-state index in [4.69, 9.17) is 4.98 Å². The van der Waals surface area contributed by atoms with Crippen molar-refractivity contribution in [3.8, 4) is 0 Å². The quantitative estimate of drug-likeness (QED) is 0.894. The van der Waals surface area contributed by atoms with E-state index in [0.717, 1.165) is 19.0 Å². The minimum absolute atomic E-state index is 0.781. The summed E-state index contributed by atoms with van der Waals surface area (Å²) in [7, 11) is 2.12. The van der Waals surface area contributed by atoms with Crippen LogP contribution in [0.2, 0.25) is 0 Å². The molecule has 3 heteroatoms. The first-order valence-electron chi connectivity index (χ1n) is 6.81. The van der Waals surface area contributed by atoms with E-state index in [9.17, 15) is 0 Å². The van der Waals surface area contributed by atoms with Crippen molar-refractivity contribution in [1.29, 1.82) is 0 Å². The Morgan fingerprint density at radius 2 is 2.11 bits per heavy atom. The number of imidazole rings is 1. The van der Waals surface area contributed by atoms with Crippen molar-refractivity contribution in [3.63, 3.8) is 0 Å². The zero-order chi connectivity index (χ0) is 12.7. The molecule has 0 aliphatic heterocycles. The number of aromatic nitrogens is 2. The minimum atomic E-state index is 0.781. The van der Waals surface area contributed by atoms with Crippen molar-refractivity contribution in [3.05, 3.63) is 29.1 Å². The average Bonchev–Trinajstić information content (AvgIpc) is 3.11. The first kappa shape index (κ1) is 11.7. The Hall–Kier alpha value is -1.35. The maximum absolute atomic E-state index is 4.81. The van der Waals surface area contributed by atoms with Crippen molar-refractivity contribution >= 4 is 11.0 Å². The second-order valence-electron chi connectivity index (χ2n) is 5.44. The molecule has 0 amide bonds. The molecular formula is C15H21N3. The fourth-order valence-corrected chi connectivity index (χ4v) is 2.44. The Kier molecular flexibility index (Phi) is 2.86. The molecule has 1 aliphatic rings. The molecule has 0 bridgehead atoms. The lowest BCUT2D eigenvalue weighted by atomic mass is 10.1. The van der Waals surface area contributed by atoms with Gasteiger partial charge in [-0.15, -0.1) is 0 Å². The number of hydrogen-bond acceptors (Lipinski definition) is 2. The summed E-state index contributed by atoms with van der Waals surface area (Å²) in [5.74, 6) is 1.19. The highest BCUT2D eigenvalue weighted by molar-refractivity contribution is 5.80. The van der Waals surface area contributed by atoms with Crippen molar-refractivity contribution in [1.82, 2.24) is 14.9 Å². The van der Waals surface area contributed by atoms with Gasteiger partial charge in [-0.1, -0.05) is 6.07 Å². The Balaban J connectivity index is 1.87. The first-order valence-corrected chi connectivity index (χ1v) is 6.81. The number of hydrogen-bond donors (Lipinski definition) is 1. The predicted molar refractivity (Wildman–Crippen MR) is 74.9 cm³/mol. The number of benzene rings is 1. The van der Waals surface area contributed by atoms with Crippen molar-refractivity contribution < 1.29 is 0 Å². The second-order valence-corrected chi connectivity index (χ2v) is 5.44. The SMILES string of the molecule is Cc1ccc2c(nc(CCNC3CC3)n2C)c1C. The summed E-state index contributed by atoms with van der Waals surface area (Å²) in [6.07, 6.45) is 3.71. The van der Waals surface area contributed by atoms with Crippen molar-refractivity contribution in [2.45, 2.75) is 39.2 Å². The predicted octanol–water partition coefficient (Wildman–Crippen LogP) is 2.48. The van der Waals surface area contributed by atoms with E-state index < -0.39 is 0 Å². The topological polar surface area (TPSA) is 29.9 Å². The molecule has 1 aromatic heterocycles. The van der Waals surface area contributed by atoms with Crippen LogP contribution in [-0.4, -0.2) is 22.1 Å². The van der Waals surface area contributed by atoms with E-state index in [1.165, 1.54) is 40.8 Å². The molecule has 3 rings (SSSR count). The molecule has 1 saturated carbocycles. The lowest BCUT2D eigenvalue weighted by Crippen LogP contribution is -2.20. The average molecular weight is 243 g/mol. The Labute approximate surface area is 108 Å². The summed E-state index contributed by atoms with van der Waals surface area (Å²) in [4.78, 5) is 4.81. The molecule has 1 N–H and O–H groups in total. The van der Waals surface area contributed by atoms with E-state index in [1.807, 2.05) is 0 Å². The van der Waals surface area contributed by atoms with Gasteiger partial charge in [-0.3, -0.25) is 0 Å². The van der Waals surface area contributed by atoms with Crippen LogP contribution in [0.5, 0.6) is 0 Å². The maximum Gasteiger partial charge on any atom is 0.110 e. The van der Waals surface area contributed by atoms with Crippen LogP contribution in [0.4, 0.5) is 0 Å². The number of rotatable bonds is 4. The largest absolute Gasteiger partial charge is 0.331 e. The third-order valence-corrected chi connectivity index (χ3v) is 4.03. The molecular weight excluding hydrogens is 222 g/mol. The molecule has 96 valence electrons. The van der Waals surface area contributed by atoms with Crippen LogP contribution in [0, 0.1) is 13.8 Å². The van der Waals surface area contributed by atoms with Crippen LogP contribution in [0.1, 0.15) is 29.8 Å². The molecule has 0 radical (unpaired) electrons. The zero-order valence-electron chi connectivity index (χ0n) is 11.5. The first-order chi connectivity index (χ1) is 8.66. The standard InChI is InChI=1S/C15H21N3/c1-10-4-7-13-15(11(10)2)17-14(18(13)3)8-9-16-12-5-6-12/h4,7,12,16H,5-6,8-9H2,1-3H3. The van der Waals surface area contributed by atoms with Crippen molar-refractivity contribution in [2.75, 3.05) is 6.54 Å². The van der Waals surface area contributed by atoms with Crippen LogP contribution in [-0.2, 0) is 13.5 Å². The maximum atomic E-state index is 4.81. The summed E-state index contributed by atoms with van der Waals surface area (Å²) in [5, 5.41) is 3.55. The molecule has 18 heavy (non-hydrogen) atoms. The van der Waals surface area contributed by atoms with E-state index in [0.29, 0.717) is 0 Å². The van der Waals surface area contributed by atoms with Crippen LogP contribution < -0.4 is 5.32 Å². The molecule has 0 saturated heterocycles.